The average molecular weight is 678 g/mol. The molecule has 4 rings (SSSR count). The lowest BCUT2D eigenvalue weighted by Gasteiger charge is -2.37. The Balaban J connectivity index is 2.04. The smallest absolute Gasteiger partial charge is 0.337 e. The minimum atomic E-state index is -2.16. The van der Waals surface area contributed by atoms with Crippen LogP contribution >= 0.6 is 34.8 Å². The molecule has 240 valence electrons. The van der Waals surface area contributed by atoms with Crippen LogP contribution in [0.4, 0.5) is 21.9 Å². The molecule has 1 aliphatic heterocycles. The quantitative estimate of drug-likeness (QED) is 0.136. The maximum Gasteiger partial charge on any atom is 0.337 e. The molecule has 0 N–H and O–H groups in total. The van der Waals surface area contributed by atoms with Gasteiger partial charge in [-0.15, -0.1) is 0 Å². The van der Waals surface area contributed by atoms with Crippen molar-refractivity contribution in [1.82, 2.24) is 4.90 Å². The Morgan fingerprint density at radius 2 is 1.24 bits per heavy atom. The highest BCUT2D eigenvalue weighted by Gasteiger charge is 2.46. The first-order valence-corrected chi connectivity index (χ1v) is 15.6. The van der Waals surface area contributed by atoms with Gasteiger partial charge in [-0.1, -0.05) is 53.0 Å². The van der Waals surface area contributed by atoms with E-state index in [0.29, 0.717) is 66.5 Å². The molecule has 0 aromatic heterocycles. The number of carbonyl (C=O) groups is 2. The van der Waals surface area contributed by atoms with Crippen LogP contribution < -0.4 is 28.7 Å². The third kappa shape index (κ3) is 7.52. The van der Waals surface area contributed by atoms with Crippen molar-refractivity contribution < 1.29 is 28.5 Å². The van der Waals surface area contributed by atoms with Crippen LogP contribution in [0.25, 0.3) is 0 Å². The van der Waals surface area contributed by atoms with Crippen molar-refractivity contribution in [3.05, 3.63) is 66.7 Å². The Kier molecular flexibility index (Phi) is 11.3. The average Bonchev–Trinajstić information content (AvgIpc) is 3.22. The maximum absolute atomic E-state index is 13.5. The Morgan fingerprint density at radius 3 is 1.69 bits per heavy atom. The Hall–Kier alpha value is -3.86. The van der Waals surface area contributed by atoms with E-state index in [1.54, 1.807) is 71.6 Å². The van der Waals surface area contributed by atoms with Gasteiger partial charge in [-0.2, -0.15) is 0 Å². The first-order valence-electron chi connectivity index (χ1n) is 14.5. The molecule has 0 bridgehead atoms. The first-order chi connectivity index (χ1) is 21.5. The zero-order valence-corrected chi connectivity index (χ0v) is 27.9. The van der Waals surface area contributed by atoms with Gasteiger partial charge in [-0.05, 0) is 64.1 Å². The number of benzene rings is 3. The van der Waals surface area contributed by atoms with E-state index >= 15 is 0 Å². The summed E-state index contributed by atoms with van der Waals surface area (Å²) in [6.45, 7) is 8.92. The predicted molar refractivity (Wildman–Crippen MR) is 178 cm³/mol. The summed E-state index contributed by atoms with van der Waals surface area (Å²) in [4.78, 5) is 35.3. The van der Waals surface area contributed by atoms with E-state index in [-0.39, 0.29) is 5.84 Å². The molecule has 1 fully saturated rings. The van der Waals surface area contributed by atoms with Crippen LogP contribution in [0.2, 0.25) is 0 Å². The highest BCUT2D eigenvalue weighted by Crippen LogP contribution is 2.48. The largest absolute Gasteiger partial charge is 0.494 e. The SMILES string of the molecule is CCOc1ccc(N(c2ccc(OCC)cc2OCC)C(N=C2C(=O)N(C)C(=O)N2c2ccccc2)C(Cl)(Cl)Cl)c(OCC)c1. The van der Waals surface area contributed by atoms with Crippen molar-refractivity contribution in [2.45, 2.75) is 37.7 Å². The van der Waals surface area contributed by atoms with Crippen molar-refractivity contribution in [2.24, 2.45) is 4.99 Å². The number of amides is 3. The molecule has 0 saturated carbocycles. The highest BCUT2D eigenvalue weighted by atomic mass is 35.6. The molecule has 45 heavy (non-hydrogen) atoms. The minimum absolute atomic E-state index is 0.234. The van der Waals surface area contributed by atoms with Gasteiger partial charge in [0.15, 0.2) is 6.17 Å². The zero-order chi connectivity index (χ0) is 32.7. The second-order valence-electron chi connectivity index (χ2n) is 9.55. The van der Waals surface area contributed by atoms with Crippen molar-refractivity contribution >= 4 is 69.6 Å². The van der Waals surface area contributed by atoms with E-state index < -0.39 is 21.9 Å². The molecule has 1 aliphatic rings. The number of urea groups is 1. The summed E-state index contributed by atoms with van der Waals surface area (Å²) in [5, 5.41) is 0. The molecule has 0 spiro atoms. The van der Waals surface area contributed by atoms with Gasteiger partial charge in [0.2, 0.25) is 9.63 Å². The fraction of sp³-hybridized carbons (Fsp3) is 0.344. The number of rotatable bonds is 13. The molecule has 1 saturated heterocycles. The lowest BCUT2D eigenvalue weighted by Crippen LogP contribution is -2.43. The summed E-state index contributed by atoms with van der Waals surface area (Å²) in [5.41, 5.74) is 1.28. The molecule has 3 aromatic rings. The number of amidine groups is 1. The van der Waals surface area contributed by atoms with Crippen LogP contribution in [-0.4, -0.2) is 66.1 Å². The topological polar surface area (TPSA) is 93.1 Å². The number of para-hydroxylation sites is 1. The third-order valence-electron chi connectivity index (χ3n) is 6.59. The van der Waals surface area contributed by atoms with E-state index in [0.717, 1.165) is 4.90 Å². The Bertz CT molecular complexity index is 1470. The summed E-state index contributed by atoms with van der Waals surface area (Å²) >= 11 is 20.2. The van der Waals surface area contributed by atoms with Crippen molar-refractivity contribution in [2.75, 3.05) is 43.3 Å². The fourth-order valence-electron chi connectivity index (χ4n) is 4.72. The van der Waals surface area contributed by atoms with Gasteiger partial charge in [0, 0.05) is 19.2 Å². The molecular formula is C32H35Cl3N4O6. The number of hydrogen-bond donors (Lipinski definition) is 0. The number of nitrogens with zero attached hydrogens (tertiary/aromatic N) is 4. The van der Waals surface area contributed by atoms with Crippen LogP contribution in [0, 0.1) is 0 Å². The second kappa shape index (κ2) is 14.9. The number of carbonyl (C=O) groups excluding carboxylic acids is 2. The van der Waals surface area contributed by atoms with E-state index in [2.05, 4.69) is 0 Å². The summed E-state index contributed by atoms with van der Waals surface area (Å²) in [6, 6.07) is 18.5. The lowest BCUT2D eigenvalue weighted by molar-refractivity contribution is -0.119. The summed E-state index contributed by atoms with van der Waals surface area (Å²) in [7, 11) is 1.37. The highest BCUT2D eigenvalue weighted by molar-refractivity contribution is 6.68. The normalized spacial score (nSPS) is 15.0. The molecule has 1 unspecified atom stereocenters. The standard InChI is InChI=1S/C32H35Cl3N4O6/c1-6-42-22-15-17-24(26(19-22)44-8-3)39(25-18-16-23(43-7-2)20-27(25)45-9-4)30(32(33,34)35)36-28-29(40)37(5)31(41)38(28)21-13-11-10-12-14-21/h10-20,30H,6-9H2,1-5H3. The van der Waals surface area contributed by atoms with E-state index in [4.69, 9.17) is 58.7 Å². The second-order valence-corrected chi connectivity index (χ2v) is 11.9. The summed E-state index contributed by atoms with van der Waals surface area (Å²) in [5.74, 6) is 1.01. The zero-order valence-electron chi connectivity index (χ0n) is 25.6. The number of ether oxygens (including phenoxy) is 4. The lowest BCUT2D eigenvalue weighted by atomic mass is 10.1. The Morgan fingerprint density at radius 1 is 0.756 bits per heavy atom. The molecule has 0 aliphatic carbocycles. The number of halogens is 3. The van der Waals surface area contributed by atoms with Gasteiger partial charge in [0.05, 0.1) is 43.5 Å². The predicted octanol–water partition coefficient (Wildman–Crippen LogP) is 7.61. The molecule has 13 heteroatoms. The molecule has 3 aromatic carbocycles. The fourth-order valence-corrected chi connectivity index (χ4v) is 5.16. The van der Waals surface area contributed by atoms with E-state index in [1.165, 1.54) is 11.9 Å². The minimum Gasteiger partial charge on any atom is -0.494 e. The number of aliphatic imine (C=N–C) groups is 1. The van der Waals surface area contributed by atoms with Crippen molar-refractivity contribution in [3.63, 3.8) is 0 Å². The van der Waals surface area contributed by atoms with Gasteiger partial charge < -0.3 is 23.8 Å². The van der Waals surface area contributed by atoms with Crippen LogP contribution in [0.1, 0.15) is 27.7 Å². The van der Waals surface area contributed by atoms with E-state index in [1.807, 2.05) is 27.7 Å². The van der Waals surface area contributed by atoms with Gasteiger partial charge in [-0.3, -0.25) is 9.69 Å². The number of imide groups is 1. The molecule has 10 nitrogen and oxygen atoms in total. The monoisotopic (exact) mass is 676 g/mol. The van der Waals surface area contributed by atoms with Crippen LogP contribution in [0.5, 0.6) is 23.0 Å². The molecule has 1 atom stereocenters. The number of anilines is 3. The van der Waals surface area contributed by atoms with Crippen LogP contribution in [0.3, 0.4) is 0 Å². The van der Waals surface area contributed by atoms with Crippen molar-refractivity contribution in [1.29, 1.82) is 0 Å². The van der Waals surface area contributed by atoms with Gasteiger partial charge in [-0.25, -0.2) is 14.7 Å². The van der Waals surface area contributed by atoms with Gasteiger partial charge in [0.25, 0.3) is 5.91 Å². The van der Waals surface area contributed by atoms with Crippen LogP contribution in [0.15, 0.2) is 71.7 Å². The molecule has 1 heterocycles. The molecular weight excluding hydrogens is 643 g/mol. The van der Waals surface area contributed by atoms with Gasteiger partial charge >= 0.3 is 6.03 Å². The first kappa shape index (κ1) is 34.0. The molecule has 3 amide bonds. The van der Waals surface area contributed by atoms with E-state index in [9.17, 15) is 9.59 Å². The van der Waals surface area contributed by atoms with Crippen LogP contribution in [-0.2, 0) is 4.79 Å². The Labute approximate surface area is 278 Å². The number of alkyl halides is 3. The van der Waals surface area contributed by atoms with Crippen molar-refractivity contribution in [3.8, 4) is 23.0 Å². The van der Waals surface area contributed by atoms with Gasteiger partial charge in [0.1, 0.15) is 23.0 Å². The number of likely N-dealkylation sites (N-methyl/N-ethyl adjacent to an activating group) is 1. The molecule has 0 radical (unpaired) electrons. The maximum atomic E-state index is 13.5. The number of hydrogen-bond acceptors (Lipinski definition) is 8. The third-order valence-corrected chi connectivity index (χ3v) is 7.17. The summed E-state index contributed by atoms with van der Waals surface area (Å²) in [6.07, 6.45) is -1.43. The summed E-state index contributed by atoms with van der Waals surface area (Å²) < 4.78 is 21.4.